The van der Waals surface area contributed by atoms with E-state index in [4.69, 9.17) is 0 Å². The van der Waals surface area contributed by atoms with Crippen LogP contribution < -0.4 is 16.1 Å². The van der Waals surface area contributed by atoms with Crippen LogP contribution in [0.5, 0.6) is 0 Å². The van der Waals surface area contributed by atoms with Crippen LogP contribution in [0, 0.1) is 0 Å². The van der Waals surface area contributed by atoms with Crippen LogP contribution in [-0.4, -0.2) is 4.98 Å². The van der Waals surface area contributed by atoms with E-state index in [0.717, 1.165) is 17.0 Å². The van der Waals surface area contributed by atoms with Crippen molar-refractivity contribution >= 4 is 12.2 Å². The molecule has 1 heterocycles. The molecule has 0 aliphatic carbocycles. The maximum Gasteiger partial charge on any atom is 0.248 e. The molecule has 1 rings (SSSR count). The first-order chi connectivity index (χ1) is 6.27. The zero-order valence-corrected chi connectivity index (χ0v) is 7.71. The summed E-state index contributed by atoms with van der Waals surface area (Å²) in [6.07, 6.45) is 6.47. The van der Waals surface area contributed by atoms with Crippen LogP contribution in [-0.2, 0) is 0 Å². The average molecular weight is 175 g/mol. The van der Waals surface area contributed by atoms with E-state index >= 15 is 0 Å². The molecule has 0 aliphatic heterocycles. The lowest BCUT2D eigenvalue weighted by molar-refractivity contribution is 1.13. The van der Waals surface area contributed by atoms with E-state index in [-0.39, 0.29) is 5.56 Å². The lowest BCUT2D eigenvalue weighted by atomic mass is 10.3. The van der Waals surface area contributed by atoms with Crippen molar-refractivity contribution in [1.29, 1.82) is 0 Å². The Balaban J connectivity index is 3.54. The number of allylic oxidation sites excluding steroid dienone is 1. The fourth-order valence-corrected chi connectivity index (χ4v) is 1.15. The minimum atomic E-state index is -0.0686. The minimum Gasteiger partial charge on any atom is -0.322 e. The van der Waals surface area contributed by atoms with Crippen molar-refractivity contribution in [3.63, 3.8) is 0 Å². The Morgan fingerprint density at radius 2 is 2.31 bits per heavy atom. The normalized spacial score (nSPS) is 13.3. The van der Waals surface area contributed by atoms with Gasteiger partial charge in [0.2, 0.25) is 5.56 Å². The SMILES string of the molecule is C=C/C=c1/ccc(=O)[nH]/c1=C/CC. The molecule has 68 valence electrons. The summed E-state index contributed by atoms with van der Waals surface area (Å²) in [5.41, 5.74) is -0.0686. The van der Waals surface area contributed by atoms with Crippen molar-refractivity contribution < 1.29 is 0 Å². The molecule has 1 aromatic heterocycles. The highest BCUT2D eigenvalue weighted by atomic mass is 16.1. The van der Waals surface area contributed by atoms with Crippen molar-refractivity contribution in [3.8, 4) is 0 Å². The van der Waals surface area contributed by atoms with Crippen molar-refractivity contribution in [2.45, 2.75) is 13.3 Å². The number of hydrogen-bond acceptors (Lipinski definition) is 1. The van der Waals surface area contributed by atoms with Crippen molar-refractivity contribution in [2.75, 3.05) is 0 Å². The van der Waals surface area contributed by atoms with E-state index in [1.165, 1.54) is 6.07 Å². The number of aromatic nitrogens is 1. The molecule has 0 atom stereocenters. The summed E-state index contributed by atoms with van der Waals surface area (Å²) < 4.78 is 0. The predicted octanol–water partition coefficient (Wildman–Crippen LogP) is 0.532. The zero-order valence-electron chi connectivity index (χ0n) is 7.71. The van der Waals surface area contributed by atoms with Crippen LogP contribution in [0.15, 0.2) is 29.6 Å². The molecule has 2 nitrogen and oxygen atoms in total. The summed E-state index contributed by atoms with van der Waals surface area (Å²) in [5.74, 6) is 0. The van der Waals surface area contributed by atoms with Gasteiger partial charge < -0.3 is 4.98 Å². The van der Waals surface area contributed by atoms with Gasteiger partial charge in [-0.15, -0.1) is 0 Å². The van der Waals surface area contributed by atoms with Crippen LogP contribution in [0.25, 0.3) is 12.2 Å². The smallest absolute Gasteiger partial charge is 0.248 e. The number of hydrogen-bond donors (Lipinski definition) is 1. The van der Waals surface area contributed by atoms with Gasteiger partial charge in [0, 0.05) is 11.4 Å². The molecule has 0 radical (unpaired) electrons. The van der Waals surface area contributed by atoms with Gasteiger partial charge in [0.25, 0.3) is 0 Å². The number of aromatic amines is 1. The Morgan fingerprint density at radius 1 is 1.54 bits per heavy atom. The Bertz CT molecular complexity index is 454. The second kappa shape index (κ2) is 4.45. The van der Waals surface area contributed by atoms with Crippen LogP contribution in [0.4, 0.5) is 0 Å². The fraction of sp³-hybridized carbons (Fsp3) is 0.182. The molecule has 1 aromatic rings. The van der Waals surface area contributed by atoms with Gasteiger partial charge in [-0.1, -0.05) is 31.7 Å². The van der Waals surface area contributed by atoms with E-state index in [9.17, 15) is 4.79 Å². The summed E-state index contributed by atoms with van der Waals surface area (Å²) in [7, 11) is 0. The van der Waals surface area contributed by atoms with Gasteiger partial charge in [-0.3, -0.25) is 4.79 Å². The molecule has 2 heteroatoms. The zero-order chi connectivity index (χ0) is 9.68. The maximum absolute atomic E-state index is 11.0. The third kappa shape index (κ3) is 2.44. The van der Waals surface area contributed by atoms with Crippen LogP contribution in [0.1, 0.15) is 13.3 Å². The highest BCUT2D eigenvalue weighted by molar-refractivity contribution is 5.36. The lowest BCUT2D eigenvalue weighted by Crippen LogP contribution is -2.33. The molecule has 0 saturated carbocycles. The number of pyridine rings is 1. The van der Waals surface area contributed by atoms with Gasteiger partial charge in [-0.05, 0) is 17.7 Å². The Morgan fingerprint density at radius 3 is 2.92 bits per heavy atom. The molecule has 0 spiro atoms. The first kappa shape index (κ1) is 9.52. The molecule has 0 amide bonds. The van der Waals surface area contributed by atoms with Gasteiger partial charge >= 0.3 is 0 Å². The standard InChI is InChI=1S/C11H13NO/c1-3-5-9-7-8-11(13)12-10(9)6-4-2/h3,5-8H,1,4H2,2H3,(H,12,13)/b9-5-,10-6+. The number of rotatable bonds is 2. The van der Waals surface area contributed by atoms with E-state index in [2.05, 4.69) is 11.6 Å². The monoisotopic (exact) mass is 175 g/mol. The lowest BCUT2D eigenvalue weighted by Gasteiger charge is -1.88. The third-order valence-corrected chi connectivity index (χ3v) is 1.69. The summed E-state index contributed by atoms with van der Waals surface area (Å²) in [6.45, 7) is 5.65. The van der Waals surface area contributed by atoms with Gasteiger partial charge in [0.05, 0.1) is 0 Å². The molecule has 0 unspecified atom stereocenters. The minimum absolute atomic E-state index is 0.0686. The quantitative estimate of drug-likeness (QED) is 0.699. The van der Waals surface area contributed by atoms with Gasteiger partial charge in [-0.25, -0.2) is 0 Å². The molecule has 0 fully saturated rings. The molecule has 1 N–H and O–H groups in total. The van der Waals surface area contributed by atoms with Crippen LogP contribution in [0.3, 0.4) is 0 Å². The number of nitrogens with one attached hydrogen (secondary N) is 1. The second-order valence-corrected chi connectivity index (χ2v) is 2.71. The highest BCUT2D eigenvalue weighted by Crippen LogP contribution is 1.72. The molecule has 0 saturated heterocycles. The van der Waals surface area contributed by atoms with Crippen LogP contribution >= 0.6 is 0 Å². The first-order valence-electron chi connectivity index (χ1n) is 4.30. The van der Waals surface area contributed by atoms with E-state index < -0.39 is 0 Å². The molecule has 0 bridgehead atoms. The maximum atomic E-state index is 11.0. The largest absolute Gasteiger partial charge is 0.322 e. The molecule has 0 aliphatic rings. The number of H-pyrrole nitrogens is 1. The summed E-state index contributed by atoms with van der Waals surface area (Å²) in [6, 6.07) is 3.31. The van der Waals surface area contributed by atoms with Crippen molar-refractivity contribution in [3.05, 3.63) is 45.7 Å². The first-order valence-corrected chi connectivity index (χ1v) is 4.30. The highest BCUT2D eigenvalue weighted by Gasteiger charge is 1.84. The Hall–Kier alpha value is -1.57. The van der Waals surface area contributed by atoms with Gasteiger partial charge in [-0.2, -0.15) is 0 Å². The van der Waals surface area contributed by atoms with Crippen LogP contribution in [0.2, 0.25) is 0 Å². The van der Waals surface area contributed by atoms with E-state index in [1.807, 2.05) is 19.1 Å². The Kier molecular flexibility index (Phi) is 3.26. The third-order valence-electron chi connectivity index (χ3n) is 1.69. The fourth-order valence-electron chi connectivity index (χ4n) is 1.15. The topological polar surface area (TPSA) is 32.9 Å². The van der Waals surface area contributed by atoms with Gasteiger partial charge in [0.15, 0.2) is 0 Å². The van der Waals surface area contributed by atoms with E-state index in [1.54, 1.807) is 12.1 Å². The van der Waals surface area contributed by atoms with Crippen molar-refractivity contribution in [1.82, 2.24) is 4.98 Å². The second-order valence-electron chi connectivity index (χ2n) is 2.71. The average Bonchev–Trinajstić information content (AvgIpc) is 2.10. The van der Waals surface area contributed by atoms with E-state index in [0.29, 0.717) is 0 Å². The molecule has 0 aromatic carbocycles. The summed E-state index contributed by atoms with van der Waals surface area (Å²) in [5, 5.41) is 1.87. The molecular weight excluding hydrogens is 162 g/mol. The molecule has 13 heavy (non-hydrogen) atoms. The molecular formula is C11H13NO. The van der Waals surface area contributed by atoms with Crippen molar-refractivity contribution in [2.24, 2.45) is 0 Å². The van der Waals surface area contributed by atoms with Gasteiger partial charge in [0.1, 0.15) is 0 Å². The predicted molar refractivity (Wildman–Crippen MR) is 55.7 cm³/mol. The summed E-state index contributed by atoms with van der Waals surface area (Å²) in [4.78, 5) is 13.8. The Labute approximate surface area is 76.9 Å². The summed E-state index contributed by atoms with van der Waals surface area (Å²) >= 11 is 0.